The first kappa shape index (κ1) is 22.5. The molecule has 27 heavy (non-hydrogen) atoms. The van der Waals surface area contributed by atoms with E-state index in [9.17, 15) is 0 Å². The number of nitrogens with zero attached hydrogens (tertiary/aromatic N) is 5. The van der Waals surface area contributed by atoms with Gasteiger partial charge in [0.05, 0.1) is 0 Å². The number of anilines is 1. The third-order valence-electron chi connectivity index (χ3n) is 5.21. The predicted octanol–water partition coefficient (Wildman–Crippen LogP) is 1.67. The van der Waals surface area contributed by atoms with E-state index in [4.69, 9.17) is 0 Å². The van der Waals surface area contributed by atoms with Crippen LogP contribution in [-0.2, 0) is 0 Å². The van der Waals surface area contributed by atoms with Crippen LogP contribution in [0.3, 0.4) is 0 Å². The number of halogens is 1. The summed E-state index contributed by atoms with van der Waals surface area (Å²) in [6.07, 6.45) is 9.63. The highest BCUT2D eigenvalue weighted by molar-refractivity contribution is 14.0. The molecule has 2 aliphatic rings. The van der Waals surface area contributed by atoms with Gasteiger partial charge in [-0.1, -0.05) is 0 Å². The minimum absolute atomic E-state index is 0. The number of hydrogen-bond donors (Lipinski definition) is 2. The van der Waals surface area contributed by atoms with Crippen LogP contribution >= 0.6 is 35.7 Å². The van der Waals surface area contributed by atoms with Gasteiger partial charge in [-0.2, -0.15) is 11.8 Å². The molecular weight excluding hydrogens is 473 g/mol. The Hall–Kier alpha value is -0.810. The summed E-state index contributed by atoms with van der Waals surface area (Å²) in [5, 5.41) is 7.85. The highest BCUT2D eigenvalue weighted by Crippen LogP contribution is 2.27. The molecule has 1 saturated heterocycles. The molecular formula is C18H32IN7S. The second-order valence-corrected chi connectivity index (χ2v) is 8.03. The predicted molar refractivity (Wildman–Crippen MR) is 126 cm³/mol. The van der Waals surface area contributed by atoms with Crippen LogP contribution in [0.25, 0.3) is 0 Å². The van der Waals surface area contributed by atoms with Crippen LogP contribution in [0.2, 0.25) is 0 Å². The Balaban J connectivity index is 0.00000261. The molecule has 152 valence electrons. The third kappa shape index (κ3) is 6.94. The molecule has 0 amide bonds. The average Bonchev–Trinajstić information content (AvgIpc) is 3.16. The van der Waals surface area contributed by atoms with E-state index in [1.807, 2.05) is 37.3 Å². The zero-order chi connectivity index (χ0) is 18.2. The van der Waals surface area contributed by atoms with Crippen LogP contribution in [0.4, 0.5) is 5.95 Å². The van der Waals surface area contributed by atoms with Crippen LogP contribution < -0.4 is 15.5 Å². The maximum absolute atomic E-state index is 4.38. The molecule has 0 aromatic carbocycles. The van der Waals surface area contributed by atoms with Gasteiger partial charge in [0.15, 0.2) is 5.96 Å². The Morgan fingerprint density at radius 3 is 2.59 bits per heavy atom. The van der Waals surface area contributed by atoms with Gasteiger partial charge < -0.3 is 15.5 Å². The number of hydrogen-bond acceptors (Lipinski definition) is 6. The Kier molecular flexibility index (Phi) is 9.91. The largest absolute Gasteiger partial charge is 0.355 e. The normalized spacial score (nSPS) is 23.8. The van der Waals surface area contributed by atoms with Gasteiger partial charge in [0, 0.05) is 70.0 Å². The fourth-order valence-electron chi connectivity index (χ4n) is 3.63. The lowest BCUT2D eigenvalue weighted by molar-refractivity contribution is 0.260. The van der Waals surface area contributed by atoms with Crippen LogP contribution in [0.1, 0.15) is 19.3 Å². The minimum Gasteiger partial charge on any atom is -0.355 e. The molecule has 1 aliphatic heterocycles. The summed E-state index contributed by atoms with van der Waals surface area (Å²) >= 11 is 1.99. The van der Waals surface area contributed by atoms with E-state index in [2.05, 4.69) is 41.6 Å². The standard InChI is InChI=1S/C18H31N7S.HI/c1-19-17(23-15-4-5-16(14-15)26-2)20-8-9-24-10-12-25(13-11-24)18-21-6-3-7-22-18;/h3,6-7,15-16H,4-5,8-14H2,1-2H3,(H2,19,20,23);1H. The Labute approximate surface area is 184 Å². The Morgan fingerprint density at radius 1 is 1.22 bits per heavy atom. The molecule has 0 bridgehead atoms. The summed E-state index contributed by atoms with van der Waals surface area (Å²) in [5.41, 5.74) is 0. The number of aromatic nitrogens is 2. The SMILES string of the molecule is CN=C(NCCN1CCN(c2ncccn2)CC1)NC1CCC(SC)C1.I. The number of piperazine rings is 1. The Bertz CT molecular complexity index is 566. The molecule has 0 radical (unpaired) electrons. The summed E-state index contributed by atoms with van der Waals surface area (Å²) in [6, 6.07) is 2.42. The second-order valence-electron chi connectivity index (χ2n) is 6.89. The van der Waals surface area contributed by atoms with Crippen molar-refractivity contribution >= 4 is 47.6 Å². The van der Waals surface area contributed by atoms with Crippen LogP contribution in [0, 0.1) is 0 Å². The van der Waals surface area contributed by atoms with Gasteiger partial charge in [-0.05, 0) is 31.6 Å². The van der Waals surface area contributed by atoms with Crippen LogP contribution in [0.15, 0.2) is 23.5 Å². The molecule has 2 heterocycles. The van der Waals surface area contributed by atoms with Gasteiger partial charge in [0.25, 0.3) is 0 Å². The van der Waals surface area contributed by atoms with Gasteiger partial charge in [0.2, 0.25) is 5.95 Å². The number of thioether (sulfide) groups is 1. The molecule has 0 spiro atoms. The first-order valence-corrected chi connectivity index (χ1v) is 10.8. The lowest BCUT2D eigenvalue weighted by atomic mass is 10.2. The van der Waals surface area contributed by atoms with Gasteiger partial charge >= 0.3 is 0 Å². The van der Waals surface area contributed by atoms with Crippen molar-refractivity contribution in [2.75, 3.05) is 57.5 Å². The van der Waals surface area contributed by atoms with Crippen molar-refractivity contribution in [2.45, 2.75) is 30.6 Å². The molecule has 9 heteroatoms. The van der Waals surface area contributed by atoms with Gasteiger partial charge in [-0.25, -0.2) is 9.97 Å². The second kappa shape index (κ2) is 11.9. The molecule has 3 rings (SSSR count). The molecule has 1 aromatic heterocycles. The summed E-state index contributed by atoms with van der Waals surface area (Å²) in [4.78, 5) is 17.8. The van der Waals surface area contributed by atoms with Crippen molar-refractivity contribution in [3.05, 3.63) is 18.5 Å². The zero-order valence-electron chi connectivity index (χ0n) is 16.3. The molecule has 2 fully saturated rings. The smallest absolute Gasteiger partial charge is 0.225 e. The molecule has 1 aliphatic carbocycles. The highest BCUT2D eigenvalue weighted by Gasteiger charge is 2.24. The van der Waals surface area contributed by atoms with Gasteiger partial charge in [-0.15, -0.1) is 24.0 Å². The summed E-state index contributed by atoms with van der Waals surface area (Å²) in [5.74, 6) is 1.78. The van der Waals surface area contributed by atoms with E-state index in [0.717, 1.165) is 56.4 Å². The van der Waals surface area contributed by atoms with E-state index in [-0.39, 0.29) is 24.0 Å². The Morgan fingerprint density at radius 2 is 1.96 bits per heavy atom. The van der Waals surface area contributed by atoms with E-state index in [1.54, 1.807) is 0 Å². The summed E-state index contributed by atoms with van der Waals surface area (Å²) in [7, 11) is 1.86. The third-order valence-corrected chi connectivity index (χ3v) is 6.30. The summed E-state index contributed by atoms with van der Waals surface area (Å²) in [6.45, 7) is 6.00. The van der Waals surface area contributed by atoms with E-state index in [0.29, 0.717) is 6.04 Å². The number of nitrogens with one attached hydrogen (secondary N) is 2. The molecule has 2 N–H and O–H groups in total. The first-order valence-electron chi connectivity index (χ1n) is 9.53. The maximum atomic E-state index is 4.38. The zero-order valence-corrected chi connectivity index (χ0v) is 19.5. The quantitative estimate of drug-likeness (QED) is 0.347. The fourth-order valence-corrected chi connectivity index (χ4v) is 4.43. The van der Waals surface area contributed by atoms with Crippen molar-refractivity contribution in [1.82, 2.24) is 25.5 Å². The van der Waals surface area contributed by atoms with Crippen LogP contribution in [-0.4, -0.2) is 84.7 Å². The fraction of sp³-hybridized carbons (Fsp3) is 0.722. The first-order chi connectivity index (χ1) is 12.8. The van der Waals surface area contributed by atoms with Crippen molar-refractivity contribution in [3.63, 3.8) is 0 Å². The summed E-state index contributed by atoms with van der Waals surface area (Å²) < 4.78 is 0. The van der Waals surface area contributed by atoms with Crippen LogP contribution in [0.5, 0.6) is 0 Å². The lowest BCUT2D eigenvalue weighted by Gasteiger charge is -2.34. The average molecular weight is 505 g/mol. The van der Waals surface area contributed by atoms with E-state index in [1.165, 1.54) is 19.3 Å². The minimum atomic E-state index is 0. The molecule has 2 atom stereocenters. The van der Waals surface area contributed by atoms with E-state index >= 15 is 0 Å². The van der Waals surface area contributed by atoms with Gasteiger partial charge in [-0.3, -0.25) is 9.89 Å². The number of rotatable bonds is 6. The molecule has 1 saturated carbocycles. The molecule has 2 unspecified atom stereocenters. The topological polar surface area (TPSA) is 68.7 Å². The van der Waals surface area contributed by atoms with Crippen molar-refractivity contribution in [2.24, 2.45) is 4.99 Å². The maximum Gasteiger partial charge on any atom is 0.225 e. The van der Waals surface area contributed by atoms with Crippen molar-refractivity contribution in [1.29, 1.82) is 0 Å². The molecule has 7 nitrogen and oxygen atoms in total. The molecule has 1 aromatic rings. The van der Waals surface area contributed by atoms with Gasteiger partial charge in [0.1, 0.15) is 0 Å². The van der Waals surface area contributed by atoms with Crippen molar-refractivity contribution in [3.8, 4) is 0 Å². The highest BCUT2D eigenvalue weighted by atomic mass is 127. The number of aliphatic imine (C=N–C) groups is 1. The number of guanidine groups is 1. The van der Waals surface area contributed by atoms with E-state index < -0.39 is 0 Å². The monoisotopic (exact) mass is 505 g/mol. The lowest BCUT2D eigenvalue weighted by Crippen LogP contribution is -2.50. The van der Waals surface area contributed by atoms with Crippen molar-refractivity contribution < 1.29 is 0 Å².